The average Bonchev–Trinajstić information content (AvgIpc) is 3.26. The predicted octanol–water partition coefficient (Wildman–Crippen LogP) is 4.23. The molecule has 4 rings (SSSR count). The van der Waals surface area contributed by atoms with Crippen LogP contribution in [-0.2, 0) is 14.3 Å². The van der Waals surface area contributed by atoms with E-state index in [9.17, 15) is 14.0 Å². The second kappa shape index (κ2) is 10.3. The highest BCUT2D eigenvalue weighted by Crippen LogP contribution is 2.33. The van der Waals surface area contributed by atoms with Crippen molar-refractivity contribution in [3.8, 4) is 0 Å². The molecule has 2 unspecified atom stereocenters. The van der Waals surface area contributed by atoms with E-state index in [0.717, 1.165) is 24.0 Å². The summed E-state index contributed by atoms with van der Waals surface area (Å²) >= 11 is 0. The minimum absolute atomic E-state index is 0.0891. The first kappa shape index (κ1) is 23.1. The summed E-state index contributed by atoms with van der Waals surface area (Å²) in [5.41, 5.74) is 3.45. The van der Waals surface area contributed by atoms with E-state index in [1.807, 2.05) is 42.2 Å². The van der Waals surface area contributed by atoms with Crippen LogP contribution in [0.1, 0.15) is 55.3 Å². The molecule has 0 bridgehead atoms. The fourth-order valence-electron chi connectivity index (χ4n) is 4.56. The number of amides is 1. The topological polar surface area (TPSA) is 62.2 Å². The molecule has 0 saturated carbocycles. The van der Waals surface area contributed by atoms with Gasteiger partial charge in [-0.1, -0.05) is 48.4 Å². The van der Waals surface area contributed by atoms with Crippen molar-refractivity contribution in [3.63, 3.8) is 0 Å². The number of hydrazone groups is 1. The number of esters is 1. The van der Waals surface area contributed by atoms with Gasteiger partial charge in [-0.2, -0.15) is 5.10 Å². The molecule has 33 heavy (non-hydrogen) atoms. The van der Waals surface area contributed by atoms with Crippen LogP contribution in [0.2, 0.25) is 0 Å². The second-order valence-electron chi connectivity index (χ2n) is 8.66. The number of likely N-dealkylation sites (tertiary alicyclic amines) is 1. The highest BCUT2D eigenvalue weighted by Gasteiger charge is 2.37. The molecule has 2 aromatic rings. The first-order valence-corrected chi connectivity index (χ1v) is 11.6. The van der Waals surface area contributed by atoms with Crippen molar-refractivity contribution in [2.24, 2.45) is 5.10 Å². The van der Waals surface area contributed by atoms with E-state index in [4.69, 9.17) is 4.74 Å². The Labute approximate surface area is 194 Å². The third-order valence-corrected chi connectivity index (χ3v) is 6.30. The van der Waals surface area contributed by atoms with Crippen molar-refractivity contribution < 1.29 is 18.7 Å². The van der Waals surface area contributed by atoms with Crippen LogP contribution in [0.15, 0.2) is 53.6 Å². The summed E-state index contributed by atoms with van der Waals surface area (Å²) in [5.74, 6) is -0.786. The molecule has 7 heteroatoms. The number of ether oxygens (including phenoxy) is 1. The zero-order valence-electron chi connectivity index (χ0n) is 19.2. The summed E-state index contributed by atoms with van der Waals surface area (Å²) in [5, 5.41) is 6.16. The van der Waals surface area contributed by atoms with Gasteiger partial charge in [0.25, 0.3) is 5.91 Å². The average molecular weight is 452 g/mol. The smallest absolute Gasteiger partial charge is 0.323 e. The number of nitrogens with zero attached hydrogens (tertiary/aromatic N) is 3. The number of carbonyl (C=O) groups is 2. The van der Waals surface area contributed by atoms with Crippen molar-refractivity contribution in [2.45, 2.75) is 51.6 Å². The molecule has 2 atom stereocenters. The summed E-state index contributed by atoms with van der Waals surface area (Å²) in [6, 6.07) is 13.7. The minimum atomic E-state index is -0.408. The van der Waals surface area contributed by atoms with E-state index in [-0.39, 0.29) is 30.3 Å². The number of carbonyl (C=O) groups excluding carboxylic acids is 2. The van der Waals surface area contributed by atoms with Crippen molar-refractivity contribution in [2.75, 3.05) is 19.7 Å². The lowest BCUT2D eigenvalue weighted by molar-refractivity contribution is -0.152. The zero-order chi connectivity index (χ0) is 23.4. The van der Waals surface area contributed by atoms with Crippen LogP contribution < -0.4 is 0 Å². The van der Waals surface area contributed by atoms with Gasteiger partial charge < -0.3 is 4.74 Å². The van der Waals surface area contributed by atoms with E-state index in [2.05, 4.69) is 5.10 Å². The van der Waals surface area contributed by atoms with Crippen LogP contribution in [-0.4, -0.2) is 53.2 Å². The second-order valence-corrected chi connectivity index (χ2v) is 8.66. The molecule has 2 heterocycles. The third kappa shape index (κ3) is 5.30. The van der Waals surface area contributed by atoms with Crippen molar-refractivity contribution in [1.29, 1.82) is 0 Å². The molecule has 2 aromatic carbocycles. The van der Waals surface area contributed by atoms with Gasteiger partial charge in [-0.15, -0.1) is 0 Å². The van der Waals surface area contributed by atoms with Crippen molar-refractivity contribution in [3.05, 3.63) is 71.0 Å². The third-order valence-electron chi connectivity index (χ3n) is 6.30. The summed E-state index contributed by atoms with van der Waals surface area (Å²) in [6.45, 7) is 4.88. The maximum atomic E-state index is 13.8. The molecule has 2 aliphatic rings. The van der Waals surface area contributed by atoms with E-state index >= 15 is 0 Å². The molecule has 0 spiro atoms. The van der Waals surface area contributed by atoms with E-state index in [0.29, 0.717) is 37.3 Å². The number of rotatable bonds is 6. The van der Waals surface area contributed by atoms with Crippen molar-refractivity contribution >= 4 is 17.6 Å². The zero-order valence-corrected chi connectivity index (χ0v) is 19.2. The van der Waals surface area contributed by atoms with E-state index in [1.165, 1.54) is 17.1 Å². The molecule has 6 nitrogen and oxygen atoms in total. The number of benzene rings is 2. The lowest BCUT2D eigenvalue weighted by Gasteiger charge is -2.34. The van der Waals surface area contributed by atoms with Gasteiger partial charge >= 0.3 is 5.97 Å². The van der Waals surface area contributed by atoms with Gasteiger partial charge in [-0.3, -0.25) is 14.5 Å². The number of halogens is 1. The summed E-state index contributed by atoms with van der Waals surface area (Å²) in [4.78, 5) is 27.8. The quantitative estimate of drug-likeness (QED) is 0.617. The Bertz CT molecular complexity index is 1040. The maximum Gasteiger partial charge on any atom is 0.323 e. The molecule has 1 fully saturated rings. The molecular weight excluding hydrogens is 421 g/mol. The Morgan fingerprint density at radius 2 is 1.94 bits per heavy atom. The van der Waals surface area contributed by atoms with Gasteiger partial charge in [0.1, 0.15) is 11.9 Å². The molecule has 0 N–H and O–H groups in total. The number of piperidine rings is 1. The Morgan fingerprint density at radius 3 is 2.67 bits per heavy atom. The summed E-state index contributed by atoms with van der Waals surface area (Å²) in [6.07, 6.45) is 3.05. The van der Waals surface area contributed by atoms with Crippen LogP contribution in [0.4, 0.5) is 4.39 Å². The van der Waals surface area contributed by atoms with Gasteiger partial charge in [0, 0.05) is 12.0 Å². The minimum Gasteiger partial charge on any atom is -0.465 e. The maximum absolute atomic E-state index is 13.8. The summed E-state index contributed by atoms with van der Waals surface area (Å²) < 4.78 is 19.1. The van der Waals surface area contributed by atoms with Gasteiger partial charge in [0.2, 0.25) is 0 Å². The Morgan fingerprint density at radius 1 is 1.15 bits per heavy atom. The van der Waals surface area contributed by atoms with Gasteiger partial charge in [-0.05, 0) is 50.9 Å². The van der Waals surface area contributed by atoms with E-state index < -0.39 is 6.04 Å². The molecule has 2 aliphatic heterocycles. The van der Waals surface area contributed by atoms with Crippen LogP contribution >= 0.6 is 0 Å². The molecule has 0 aromatic heterocycles. The fourth-order valence-corrected chi connectivity index (χ4v) is 4.56. The first-order chi connectivity index (χ1) is 16.0. The normalized spacial score (nSPS) is 21.1. The van der Waals surface area contributed by atoms with Crippen LogP contribution in [0.25, 0.3) is 0 Å². The van der Waals surface area contributed by atoms with Gasteiger partial charge in [-0.25, -0.2) is 9.40 Å². The van der Waals surface area contributed by atoms with Crippen LogP contribution in [0.5, 0.6) is 0 Å². The van der Waals surface area contributed by atoms with Gasteiger partial charge in [0.05, 0.1) is 24.9 Å². The Hall–Kier alpha value is -3.06. The number of aryl methyl sites for hydroxylation is 1. The highest BCUT2D eigenvalue weighted by molar-refractivity contribution is 6.03. The fraction of sp³-hybridized carbons (Fsp3) is 0.423. The number of hydrogen-bond acceptors (Lipinski definition) is 5. The molecule has 0 aliphatic carbocycles. The van der Waals surface area contributed by atoms with Gasteiger partial charge in [0.15, 0.2) is 0 Å². The highest BCUT2D eigenvalue weighted by atomic mass is 19.1. The standard InChI is InChI=1S/C26H30FN3O3/c1-3-33-26(32)23-9-4-5-14-29(23)17-25(31)30-24(19-12-10-18(2)11-13-19)16-22(28-30)20-7-6-8-21(27)15-20/h6-8,10-13,15,23-24H,3-5,9,14,16-17H2,1-2H3. The van der Waals surface area contributed by atoms with Crippen LogP contribution in [0, 0.1) is 12.7 Å². The summed E-state index contributed by atoms with van der Waals surface area (Å²) in [7, 11) is 0. The lowest BCUT2D eigenvalue weighted by atomic mass is 9.97. The van der Waals surface area contributed by atoms with Crippen LogP contribution in [0.3, 0.4) is 0 Å². The largest absolute Gasteiger partial charge is 0.465 e. The SMILES string of the molecule is CCOC(=O)C1CCCCN1CC(=O)N1N=C(c2cccc(F)c2)CC1c1ccc(C)cc1. The lowest BCUT2D eigenvalue weighted by Crippen LogP contribution is -2.49. The van der Waals surface area contributed by atoms with E-state index in [1.54, 1.807) is 13.0 Å². The van der Waals surface area contributed by atoms with Crippen molar-refractivity contribution in [1.82, 2.24) is 9.91 Å². The first-order valence-electron chi connectivity index (χ1n) is 11.6. The molecular formula is C26H30FN3O3. The molecule has 174 valence electrons. The number of hydrogen-bond donors (Lipinski definition) is 0. The molecule has 0 radical (unpaired) electrons. The predicted molar refractivity (Wildman–Crippen MR) is 124 cm³/mol. The molecule has 1 amide bonds. The molecule has 1 saturated heterocycles. The Kier molecular flexibility index (Phi) is 7.18. The Balaban J connectivity index is 1.59. The monoisotopic (exact) mass is 451 g/mol.